The van der Waals surface area contributed by atoms with Crippen molar-refractivity contribution >= 4 is 18.3 Å². The molecule has 1 saturated heterocycles. The number of carbonyl (C=O) groups is 3. The molecule has 1 aliphatic heterocycles. The predicted molar refractivity (Wildman–Crippen MR) is 132 cm³/mol. The second-order valence-electron chi connectivity index (χ2n) is 9.60. The number of hydrogen-bond donors (Lipinski definition) is 1. The predicted octanol–water partition coefficient (Wildman–Crippen LogP) is 6.25. The first-order valence-electron chi connectivity index (χ1n) is 13.7. The van der Waals surface area contributed by atoms with Gasteiger partial charge in [0.15, 0.2) is 0 Å². The zero-order valence-electron chi connectivity index (χ0n) is 21.3. The van der Waals surface area contributed by atoms with Crippen molar-refractivity contribution in [2.75, 3.05) is 6.54 Å². The summed E-state index contributed by atoms with van der Waals surface area (Å²) in [5.74, 6) is -0.599. The minimum Gasteiger partial charge on any atom is -0.461 e. The number of cyclic esters (lactones) is 1. The summed E-state index contributed by atoms with van der Waals surface area (Å²) in [5, 5.41) is 2.36. The molecule has 3 atom stereocenters. The molecule has 3 unspecified atom stereocenters. The molecule has 1 heterocycles. The van der Waals surface area contributed by atoms with Crippen LogP contribution >= 0.6 is 0 Å². The fraction of sp³-hybridized carbons (Fsp3) is 0.889. The number of amides is 1. The van der Waals surface area contributed by atoms with Crippen LogP contribution in [0.15, 0.2) is 0 Å². The van der Waals surface area contributed by atoms with Crippen molar-refractivity contribution in [3.8, 4) is 0 Å². The third-order valence-corrected chi connectivity index (χ3v) is 6.64. The fourth-order valence-electron chi connectivity index (χ4n) is 4.58. The van der Waals surface area contributed by atoms with Crippen LogP contribution in [0.5, 0.6) is 0 Å². The number of unbranched alkanes of at least 4 members (excludes halogenated alkanes) is 13. The number of esters is 2. The molecule has 0 saturated carbocycles. The smallest absolute Gasteiger partial charge is 0.325 e. The summed E-state index contributed by atoms with van der Waals surface area (Å²) in [5.41, 5.74) is 0. The molecule has 1 aliphatic rings. The van der Waals surface area contributed by atoms with E-state index in [2.05, 4.69) is 19.2 Å². The van der Waals surface area contributed by atoms with Crippen LogP contribution in [0.1, 0.15) is 129 Å². The number of ether oxygens (including phenoxy) is 2. The van der Waals surface area contributed by atoms with E-state index in [1.807, 2.05) is 0 Å². The van der Waals surface area contributed by atoms with Crippen molar-refractivity contribution in [2.45, 2.75) is 142 Å². The molecule has 6 heteroatoms. The number of rotatable bonds is 23. The van der Waals surface area contributed by atoms with Crippen molar-refractivity contribution in [3.63, 3.8) is 0 Å². The van der Waals surface area contributed by atoms with E-state index in [1.165, 1.54) is 77.0 Å². The topological polar surface area (TPSA) is 81.7 Å². The van der Waals surface area contributed by atoms with Crippen LogP contribution in [0.3, 0.4) is 0 Å². The Labute approximate surface area is 201 Å². The average Bonchev–Trinajstić information content (AvgIpc) is 2.80. The molecular weight excluding hydrogens is 418 g/mol. The molecule has 192 valence electrons. The third-order valence-electron chi connectivity index (χ3n) is 6.64. The van der Waals surface area contributed by atoms with Crippen LogP contribution in [-0.4, -0.2) is 37.1 Å². The summed E-state index contributed by atoms with van der Waals surface area (Å²) < 4.78 is 11.0. The first-order valence-corrected chi connectivity index (χ1v) is 13.7. The van der Waals surface area contributed by atoms with E-state index in [-0.39, 0.29) is 30.6 Å². The highest BCUT2D eigenvalue weighted by atomic mass is 16.6. The number of nitrogens with one attached hydrogen (secondary N) is 1. The maximum atomic E-state index is 12.0. The average molecular weight is 468 g/mol. The maximum Gasteiger partial charge on any atom is 0.325 e. The van der Waals surface area contributed by atoms with Crippen LogP contribution in [0.2, 0.25) is 0 Å². The Bertz CT molecular complexity index is 525. The monoisotopic (exact) mass is 467 g/mol. The molecule has 0 aliphatic carbocycles. The highest BCUT2D eigenvalue weighted by Crippen LogP contribution is 2.32. The zero-order chi connectivity index (χ0) is 24.2. The molecular formula is C27H49NO5. The minimum absolute atomic E-state index is 0.0616. The largest absolute Gasteiger partial charge is 0.461 e. The lowest BCUT2D eigenvalue weighted by Gasteiger charge is -2.37. The van der Waals surface area contributed by atoms with Gasteiger partial charge in [-0.05, 0) is 19.3 Å². The molecule has 1 fully saturated rings. The van der Waals surface area contributed by atoms with Crippen molar-refractivity contribution < 1.29 is 23.9 Å². The van der Waals surface area contributed by atoms with Gasteiger partial charge in [0, 0.05) is 6.42 Å². The molecule has 0 aromatic heterocycles. The Hall–Kier alpha value is -1.59. The minimum atomic E-state index is -0.433. The molecule has 1 rings (SSSR count). The Morgan fingerprint density at radius 2 is 1.45 bits per heavy atom. The first kappa shape index (κ1) is 29.4. The van der Waals surface area contributed by atoms with Crippen LogP contribution in [0, 0.1) is 5.92 Å². The van der Waals surface area contributed by atoms with E-state index < -0.39 is 5.97 Å². The van der Waals surface area contributed by atoms with Gasteiger partial charge in [0.05, 0.1) is 5.92 Å². The van der Waals surface area contributed by atoms with Gasteiger partial charge in [0.1, 0.15) is 18.8 Å². The lowest BCUT2D eigenvalue weighted by molar-refractivity contribution is -0.190. The summed E-state index contributed by atoms with van der Waals surface area (Å²) in [4.78, 5) is 34.5. The van der Waals surface area contributed by atoms with Gasteiger partial charge < -0.3 is 14.8 Å². The van der Waals surface area contributed by atoms with Crippen LogP contribution in [0.25, 0.3) is 0 Å². The summed E-state index contributed by atoms with van der Waals surface area (Å²) in [6, 6.07) is 0. The Balaban J connectivity index is 2.30. The van der Waals surface area contributed by atoms with Gasteiger partial charge in [-0.15, -0.1) is 0 Å². The summed E-state index contributed by atoms with van der Waals surface area (Å²) in [6.07, 6.45) is 20.8. The number of carbonyl (C=O) groups excluding carboxylic acids is 3. The third kappa shape index (κ3) is 14.3. The van der Waals surface area contributed by atoms with E-state index in [9.17, 15) is 14.4 Å². The SMILES string of the molecule is CCCCCCCCCCCCC1C(=O)OC1CC(CCCCCCC)OC(=O)CNC=O. The van der Waals surface area contributed by atoms with Crippen molar-refractivity contribution in [1.29, 1.82) is 0 Å². The summed E-state index contributed by atoms with van der Waals surface area (Å²) >= 11 is 0. The second kappa shape index (κ2) is 19.8. The van der Waals surface area contributed by atoms with Gasteiger partial charge in [-0.1, -0.05) is 104 Å². The Morgan fingerprint density at radius 1 is 0.909 bits per heavy atom. The Morgan fingerprint density at radius 3 is 2.00 bits per heavy atom. The van der Waals surface area contributed by atoms with E-state index in [4.69, 9.17) is 9.47 Å². The summed E-state index contributed by atoms with van der Waals surface area (Å²) in [6.45, 7) is 4.31. The molecule has 0 aromatic carbocycles. The molecule has 1 amide bonds. The molecule has 0 bridgehead atoms. The van der Waals surface area contributed by atoms with Crippen molar-refractivity contribution in [3.05, 3.63) is 0 Å². The molecule has 0 radical (unpaired) electrons. The quantitative estimate of drug-likeness (QED) is 0.109. The van der Waals surface area contributed by atoms with Crippen LogP contribution < -0.4 is 5.32 Å². The Kier molecular flexibility index (Phi) is 17.7. The normalized spacial score (nSPS) is 18.3. The first-order chi connectivity index (χ1) is 16.1. The lowest BCUT2D eigenvalue weighted by Crippen LogP contribution is -2.47. The van der Waals surface area contributed by atoms with Gasteiger partial charge in [-0.25, -0.2) is 0 Å². The zero-order valence-corrected chi connectivity index (χ0v) is 21.3. The van der Waals surface area contributed by atoms with E-state index >= 15 is 0 Å². The highest BCUT2D eigenvalue weighted by molar-refractivity contribution is 5.78. The van der Waals surface area contributed by atoms with Crippen LogP contribution in [0.4, 0.5) is 0 Å². The van der Waals surface area contributed by atoms with Gasteiger partial charge in [0.25, 0.3) is 0 Å². The number of hydrogen-bond acceptors (Lipinski definition) is 5. The highest BCUT2D eigenvalue weighted by Gasteiger charge is 2.43. The summed E-state index contributed by atoms with van der Waals surface area (Å²) in [7, 11) is 0. The molecule has 6 nitrogen and oxygen atoms in total. The van der Waals surface area contributed by atoms with Crippen molar-refractivity contribution in [1.82, 2.24) is 5.32 Å². The van der Waals surface area contributed by atoms with E-state index in [0.717, 1.165) is 32.1 Å². The molecule has 0 aromatic rings. The molecule has 0 spiro atoms. The molecule has 1 N–H and O–H groups in total. The maximum absolute atomic E-state index is 12.0. The van der Waals surface area contributed by atoms with Gasteiger partial charge >= 0.3 is 11.9 Å². The van der Waals surface area contributed by atoms with E-state index in [1.54, 1.807) is 0 Å². The standard InChI is InChI=1S/C27H49NO5/c1-3-5-7-9-10-11-12-13-15-17-19-24-25(33-27(24)31)20-23(18-16-14-8-6-4-2)32-26(30)21-28-22-29/h22-25H,3-21H2,1-2H3,(H,28,29). The van der Waals surface area contributed by atoms with Gasteiger partial charge in [-0.3, -0.25) is 14.4 Å². The van der Waals surface area contributed by atoms with E-state index in [0.29, 0.717) is 12.8 Å². The van der Waals surface area contributed by atoms with Crippen LogP contribution in [-0.2, 0) is 23.9 Å². The second-order valence-corrected chi connectivity index (χ2v) is 9.60. The molecule has 33 heavy (non-hydrogen) atoms. The van der Waals surface area contributed by atoms with Gasteiger partial charge in [-0.2, -0.15) is 0 Å². The van der Waals surface area contributed by atoms with Crippen molar-refractivity contribution in [2.24, 2.45) is 5.92 Å². The lowest BCUT2D eigenvalue weighted by atomic mass is 9.86. The van der Waals surface area contributed by atoms with Gasteiger partial charge in [0.2, 0.25) is 6.41 Å². The fourth-order valence-corrected chi connectivity index (χ4v) is 4.58.